The van der Waals surface area contributed by atoms with Gasteiger partial charge < -0.3 is 9.47 Å². The Labute approximate surface area is 212 Å². The molecule has 0 saturated carbocycles. The molecular weight excluding hydrogens is 508 g/mol. The molecule has 2 aromatic rings. The highest BCUT2D eigenvalue weighted by molar-refractivity contribution is 7.89. The number of carbonyl (C=O) groups is 2. The van der Waals surface area contributed by atoms with Crippen LogP contribution in [0.4, 0.5) is 0 Å². The minimum Gasteiger partial charge on any atom is -0.458 e. The van der Waals surface area contributed by atoms with Crippen molar-refractivity contribution in [3.05, 3.63) is 59.7 Å². The molecule has 0 N–H and O–H groups in total. The maximum absolute atomic E-state index is 12.7. The molecule has 36 heavy (non-hydrogen) atoms. The molecule has 0 atom stereocenters. The summed E-state index contributed by atoms with van der Waals surface area (Å²) in [5, 5.41) is 0. The maximum Gasteiger partial charge on any atom is 0.338 e. The lowest BCUT2D eigenvalue weighted by atomic mass is 10.2. The molecule has 10 nitrogen and oxygen atoms in total. The number of hydrogen-bond donors (Lipinski definition) is 0. The predicted octanol–water partition coefficient (Wildman–Crippen LogP) is 2.76. The summed E-state index contributed by atoms with van der Waals surface area (Å²) in [5.41, 5.74) is 0.0905. The maximum atomic E-state index is 12.7. The van der Waals surface area contributed by atoms with Gasteiger partial charge in [-0.3, -0.25) is 0 Å². The average molecular weight is 541 g/mol. The summed E-state index contributed by atoms with van der Waals surface area (Å²) >= 11 is 0. The Morgan fingerprint density at radius 1 is 0.639 bits per heavy atom. The number of ether oxygens (including phenoxy) is 2. The molecule has 2 rings (SSSR count). The van der Waals surface area contributed by atoms with E-state index in [1.165, 1.54) is 57.1 Å². The first-order valence-corrected chi connectivity index (χ1v) is 14.5. The Balaban J connectivity index is 1.99. The van der Waals surface area contributed by atoms with Crippen LogP contribution in [0.2, 0.25) is 0 Å². The van der Waals surface area contributed by atoms with Crippen molar-refractivity contribution < 1.29 is 35.9 Å². The van der Waals surface area contributed by atoms with E-state index in [1.807, 2.05) is 0 Å². The number of carbonyl (C=O) groups excluding carboxylic acids is 2. The normalized spacial score (nSPS) is 12.1. The van der Waals surface area contributed by atoms with E-state index in [2.05, 4.69) is 0 Å². The van der Waals surface area contributed by atoms with E-state index in [-0.39, 0.29) is 34.1 Å². The lowest BCUT2D eigenvalue weighted by Gasteiger charge is -2.18. The summed E-state index contributed by atoms with van der Waals surface area (Å²) in [4.78, 5) is 24.7. The van der Waals surface area contributed by atoms with Crippen LogP contribution in [0.25, 0.3) is 0 Å². The number of nitrogens with zero attached hydrogens (tertiary/aromatic N) is 2. The van der Waals surface area contributed by atoms with Gasteiger partial charge in [0.1, 0.15) is 13.2 Å². The van der Waals surface area contributed by atoms with Crippen molar-refractivity contribution in [3.8, 4) is 0 Å². The van der Waals surface area contributed by atoms with Gasteiger partial charge in [0.05, 0.1) is 20.9 Å². The second kappa shape index (κ2) is 12.9. The first kappa shape index (κ1) is 29.4. The molecule has 0 unspecified atom stereocenters. The minimum atomic E-state index is -3.74. The van der Waals surface area contributed by atoms with E-state index in [4.69, 9.17) is 9.47 Å². The largest absolute Gasteiger partial charge is 0.458 e. The number of benzene rings is 2. The van der Waals surface area contributed by atoms with E-state index in [0.717, 1.165) is 0 Å². The summed E-state index contributed by atoms with van der Waals surface area (Å²) in [6.45, 7) is 7.53. The van der Waals surface area contributed by atoms with E-state index in [1.54, 1.807) is 27.7 Å². The van der Waals surface area contributed by atoms with Crippen LogP contribution in [0.5, 0.6) is 0 Å². The van der Waals surface area contributed by atoms with Crippen molar-refractivity contribution in [2.24, 2.45) is 0 Å². The van der Waals surface area contributed by atoms with Gasteiger partial charge in [0.2, 0.25) is 20.0 Å². The highest BCUT2D eigenvalue weighted by atomic mass is 32.2. The molecule has 0 saturated heterocycles. The lowest BCUT2D eigenvalue weighted by molar-refractivity contribution is 0.0265. The Kier molecular flexibility index (Phi) is 10.6. The minimum absolute atomic E-state index is 0.0216. The van der Waals surface area contributed by atoms with Crippen LogP contribution in [0.1, 0.15) is 48.4 Å². The predicted molar refractivity (Wildman–Crippen MR) is 134 cm³/mol. The zero-order valence-electron chi connectivity index (χ0n) is 20.8. The fourth-order valence-corrected chi connectivity index (χ4v) is 6.44. The third-order valence-electron chi connectivity index (χ3n) is 5.38. The number of hydrogen-bond acceptors (Lipinski definition) is 8. The molecular formula is C24H32N2O8S2. The molecule has 12 heteroatoms. The van der Waals surface area contributed by atoms with Gasteiger partial charge in [-0.25, -0.2) is 26.4 Å². The zero-order valence-corrected chi connectivity index (χ0v) is 22.5. The monoisotopic (exact) mass is 540 g/mol. The van der Waals surface area contributed by atoms with Gasteiger partial charge >= 0.3 is 11.9 Å². The Morgan fingerprint density at radius 3 is 1.28 bits per heavy atom. The standard InChI is InChI=1S/C24H32N2O8S2/c1-5-25(6-2)35(29,30)21-13-9-11-19(17-21)23(27)33-15-16-34-24(28)20-12-10-14-22(18-20)36(31,32)26(7-3)8-4/h9-14,17-18H,5-8,15-16H2,1-4H3. The molecule has 198 valence electrons. The fraction of sp³-hybridized carbons (Fsp3) is 0.417. The van der Waals surface area contributed by atoms with Gasteiger partial charge in [-0.2, -0.15) is 8.61 Å². The van der Waals surface area contributed by atoms with Gasteiger partial charge in [-0.15, -0.1) is 0 Å². The summed E-state index contributed by atoms with van der Waals surface area (Å²) in [6, 6.07) is 11.0. The first-order chi connectivity index (χ1) is 17.0. The van der Waals surface area contributed by atoms with Crippen LogP contribution in [0, 0.1) is 0 Å². The van der Waals surface area contributed by atoms with Crippen molar-refractivity contribution >= 4 is 32.0 Å². The molecule has 0 heterocycles. The lowest BCUT2D eigenvalue weighted by Crippen LogP contribution is -2.30. The molecule has 0 fully saturated rings. The van der Waals surface area contributed by atoms with Crippen LogP contribution in [-0.4, -0.2) is 76.8 Å². The van der Waals surface area contributed by atoms with Crippen molar-refractivity contribution in [1.29, 1.82) is 0 Å². The summed E-state index contributed by atoms with van der Waals surface area (Å²) in [7, 11) is -7.47. The van der Waals surface area contributed by atoms with E-state index in [0.29, 0.717) is 26.2 Å². The number of esters is 2. The van der Waals surface area contributed by atoms with Crippen molar-refractivity contribution in [2.45, 2.75) is 37.5 Å². The number of rotatable bonds is 13. The van der Waals surface area contributed by atoms with Crippen LogP contribution >= 0.6 is 0 Å². The Bertz CT molecular complexity index is 1170. The highest BCUT2D eigenvalue weighted by Gasteiger charge is 2.24. The van der Waals surface area contributed by atoms with E-state index < -0.39 is 32.0 Å². The third-order valence-corrected chi connectivity index (χ3v) is 9.47. The molecule has 0 aliphatic carbocycles. The smallest absolute Gasteiger partial charge is 0.338 e. The van der Waals surface area contributed by atoms with Gasteiger partial charge in [0.25, 0.3) is 0 Å². The summed E-state index contributed by atoms with van der Waals surface area (Å²) in [6.07, 6.45) is 0. The quantitative estimate of drug-likeness (QED) is 0.280. The van der Waals surface area contributed by atoms with E-state index in [9.17, 15) is 26.4 Å². The Morgan fingerprint density at radius 2 is 0.972 bits per heavy atom. The first-order valence-electron chi connectivity index (χ1n) is 11.6. The van der Waals surface area contributed by atoms with Gasteiger partial charge in [0, 0.05) is 26.2 Å². The molecule has 2 aromatic carbocycles. The average Bonchev–Trinajstić information content (AvgIpc) is 2.87. The van der Waals surface area contributed by atoms with Crippen LogP contribution in [0.3, 0.4) is 0 Å². The van der Waals surface area contributed by atoms with Crippen molar-refractivity contribution in [3.63, 3.8) is 0 Å². The molecule has 0 aromatic heterocycles. The molecule has 0 spiro atoms. The SMILES string of the molecule is CCN(CC)S(=O)(=O)c1cccc(C(=O)OCCOC(=O)c2cccc(S(=O)(=O)N(CC)CC)c2)c1. The summed E-state index contributed by atoms with van der Waals surface area (Å²) in [5.74, 6) is -1.54. The van der Waals surface area contributed by atoms with Gasteiger partial charge in [-0.1, -0.05) is 39.8 Å². The molecule has 0 bridgehead atoms. The highest BCUT2D eigenvalue weighted by Crippen LogP contribution is 2.19. The number of sulfonamides is 2. The third kappa shape index (κ3) is 6.90. The topological polar surface area (TPSA) is 127 Å². The van der Waals surface area contributed by atoms with Crippen molar-refractivity contribution in [1.82, 2.24) is 8.61 Å². The molecule has 0 amide bonds. The van der Waals surface area contributed by atoms with Gasteiger partial charge in [0.15, 0.2) is 0 Å². The fourth-order valence-electron chi connectivity index (χ4n) is 3.43. The Hall–Kier alpha value is -2.80. The zero-order chi connectivity index (χ0) is 26.9. The van der Waals surface area contributed by atoms with Crippen molar-refractivity contribution in [2.75, 3.05) is 39.4 Å². The second-order valence-electron chi connectivity index (χ2n) is 7.51. The van der Waals surface area contributed by atoms with Crippen LogP contribution < -0.4 is 0 Å². The van der Waals surface area contributed by atoms with Crippen LogP contribution in [0.15, 0.2) is 58.3 Å². The summed E-state index contributed by atoms with van der Waals surface area (Å²) < 4.78 is 63.5. The molecule has 0 radical (unpaired) electrons. The molecule has 0 aliphatic rings. The van der Waals surface area contributed by atoms with E-state index >= 15 is 0 Å². The second-order valence-corrected chi connectivity index (χ2v) is 11.4. The van der Waals surface area contributed by atoms with Gasteiger partial charge in [-0.05, 0) is 36.4 Å². The molecule has 0 aliphatic heterocycles. The van der Waals surface area contributed by atoms with Crippen LogP contribution in [-0.2, 0) is 29.5 Å².